The van der Waals surface area contributed by atoms with Crippen LogP contribution in [0.15, 0.2) is 0 Å². The molecule has 7 nitrogen and oxygen atoms in total. The van der Waals surface area contributed by atoms with Gasteiger partial charge < -0.3 is 9.05 Å². The van der Waals surface area contributed by atoms with E-state index in [9.17, 15) is 9.13 Å². The molecule has 0 amide bonds. The summed E-state index contributed by atoms with van der Waals surface area (Å²) in [7, 11) is -7.20. The molecule has 28 heavy (non-hydrogen) atoms. The van der Waals surface area contributed by atoms with Crippen molar-refractivity contribution in [3.63, 3.8) is 0 Å². The van der Waals surface area contributed by atoms with E-state index in [1.807, 2.05) is 0 Å². The Bertz CT molecular complexity index is 507. The quantitative estimate of drug-likeness (QED) is 0.338. The van der Waals surface area contributed by atoms with Gasteiger partial charge in [0.1, 0.15) is 0 Å². The van der Waals surface area contributed by atoms with Crippen molar-refractivity contribution in [2.24, 2.45) is 10.8 Å². The molecule has 0 spiro atoms. The van der Waals surface area contributed by atoms with E-state index in [1.54, 1.807) is 0 Å². The van der Waals surface area contributed by atoms with Crippen molar-refractivity contribution in [2.45, 2.75) is 79.1 Å². The van der Waals surface area contributed by atoms with Gasteiger partial charge in [-0.1, -0.05) is 53.4 Å². The lowest BCUT2D eigenvalue weighted by molar-refractivity contribution is -0.0276. The Morgan fingerprint density at radius 3 is 1.57 bits per heavy atom. The number of unbranched alkanes of at least 4 members (excludes halogenated alkanes) is 2. The summed E-state index contributed by atoms with van der Waals surface area (Å²) >= 11 is 0. The summed E-state index contributed by atoms with van der Waals surface area (Å²) in [5, 5.41) is 0. The van der Waals surface area contributed by atoms with Crippen molar-refractivity contribution in [1.82, 2.24) is 0 Å². The third-order valence-electron chi connectivity index (χ3n) is 6.19. The molecule has 166 valence electrons. The first-order valence-corrected chi connectivity index (χ1v) is 13.9. The van der Waals surface area contributed by atoms with E-state index < -0.39 is 21.8 Å². The molecule has 0 bridgehead atoms. The van der Waals surface area contributed by atoms with E-state index in [4.69, 9.17) is 22.6 Å². The van der Waals surface area contributed by atoms with Crippen LogP contribution in [0, 0.1) is 10.8 Å². The van der Waals surface area contributed by atoms with Crippen LogP contribution in [0.25, 0.3) is 0 Å². The number of phosphoric acid groups is 1. The summed E-state index contributed by atoms with van der Waals surface area (Å²) in [4.78, 5) is 0. The second-order valence-corrected chi connectivity index (χ2v) is 12.0. The van der Waals surface area contributed by atoms with Crippen molar-refractivity contribution >= 4 is 15.4 Å². The van der Waals surface area contributed by atoms with Gasteiger partial charge in [0.05, 0.1) is 26.4 Å². The largest absolute Gasteiger partial charge is 0.475 e. The predicted molar refractivity (Wildman–Crippen MR) is 109 cm³/mol. The lowest BCUT2D eigenvalue weighted by Gasteiger charge is -2.40. The molecule has 2 aliphatic rings. The Hall–Kier alpha value is 0.260. The molecule has 2 aliphatic heterocycles. The highest BCUT2D eigenvalue weighted by Gasteiger charge is 2.46. The molecule has 0 N–H and O–H groups in total. The average Bonchev–Trinajstić information content (AvgIpc) is 2.73. The first-order valence-electron chi connectivity index (χ1n) is 10.7. The SMILES string of the molecule is CCCCC1(CC)COP(=O)(COP2(=O)OCC(CC)(CCCC)CO2)OC1. The summed E-state index contributed by atoms with van der Waals surface area (Å²) < 4.78 is 53.1. The number of phosphoric ester groups is 1. The van der Waals surface area contributed by atoms with Crippen LogP contribution < -0.4 is 0 Å². The fourth-order valence-electron chi connectivity index (χ4n) is 3.50. The van der Waals surface area contributed by atoms with E-state index in [2.05, 4.69) is 27.7 Å². The maximum Gasteiger partial charge on any atom is 0.475 e. The molecule has 0 atom stereocenters. The second-order valence-electron chi connectivity index (χ2n) is 8.32. The fraction of sp³-hybridized carbons (Fsp3) is 1.00. The van der Waals surface area contributed by atoms with Crippen molar-refractivity contribution in [3.8, 4) is 0 Å². The van der Waals surface area contributed by atoms with E-state index >= 15 is 0 Å². The smallest absolute Gasteiger partial charge is 0.306 e. The molecule has 2 heterocycles. The van der Waals surface area contributed by atoms with E-state index in [0.717, 1.165) is 51.4 Å². The summed E-state index contributed by atoms with van der Waals surface area (Å²) in [6, 6.07) is 0. The van der Waals surface area contributed by atoms with E-state index in [1.165, 1.54) is 0 Å². The Labute approximate surface area is 170 Å². The van der Waals surface area contributed by atoms with Gasteiger partial charge in [0.15, 0.2) is 6.35 Å². The van der Waals surface area contributed by atoms with E-state index in [0.29, 0.717) is 26.4 Å². The van der Waals surface area contributed by atoms with Crippen LogP contribution >= 0.6 is 15.4 Å². The molecule has 0 aromatic carbocycles. The Balaban J connectivity index is 1.85. The van der Waals surface area contributed by atoms with Gasteiger partial charge in [-0.2, -0.15) is 0 Å². The van der Waals surface area contributed by atoms with Crippen molar-refractivity contribution in [3.05, 3.63) is 0 Å². The van der Waals surface area contributed by atoms with Crippen LogP contribution in [0.3, 0.4) is 0 Å². The minimum Gasteiger partial charge on any atom is -0.306 e. The highest BCUT2D eigenvalue weighted by Crippen LogP contribution is 2.62. The number of rotatable bonds is 11. The van der Waals surface area contributed by atoms with Crippen LogP contribution in [-0.2, 0) is 31.7 Å². The first kappa shape index (κ1) is 24.5. The summed E-state index contributed by atoms with van der Waals surface area (Å²) in [6.07, 6.45) is 7.64. The minimum absolute atomic E-state index is 0.105. The van der Waals surface area contributed by atoms with E-state index in [-0.39, 0.29) is 10.8 Å². The third-order valence-corrected chi connectivity index (χ3v) is 9.22. The normalized spacial score (nSPS) is 39.1. The van der Waals surface area contributed by atoms with Gasteiger partial charge in [0.2, 0.25) is 0 Å². The van der Waals surface area contributed by atoms with Crippen LogP contribution in [-0.4, -0.2) is 32.8 Å². The molecule has 0 unspecified atom stereocenters. The van der Waals surface area contributed by atoms with Crippen LogP contribution in [0.5, 0.6) is 0 Å². The maximum atomic E-state index is 12.8. The van der Waals surface area contributed by atoms with Crippen LogP contribution in [0.2, 0.25) is 0 Å². The highest BCUT2D eigenvalue weighted by molar-refractivity contribution is 7.55. The zero-order chi connectivity index (χ0) is 20.7. The average molecular weight is 440 g/mol. The summed E-state index contributed by atoms with van der Waals surface area (Å²) in [6.45, 7) is 9.84. The summed E-state index contributed by atoms with van der Waals surface area (Å²) in [5.74, 6) is 0. The summed E-state index contributed by atoms with van der Waals surface area (Å²) in [5.41, 5.74) is -0.235. The lowest BCUT2D eigenvalue weighted by atomic mass is 9.82. The first-order chi connectivity index (χ1) is 13.3. The molecule has 0 saturated carbocycles. The molecule has 0 aromatic heterocycles. The molecule has 0 aliphatic carbocycles. The van der Waals surface area contributed by atoms with Crippen molar-refractivity contribution < 1.29 is 31.7 Å². The molecular formula is C19H38O7P2. The van der Waals surface area contributed by atoms with Crippen molar-refractivity contribution in [2.75, 3.05) is 32.8 Å². The Kier molecular flexibility index (Phi) is 9.22. The van der Waals surface area contributed by atoms with Gasteiger partial charge in [0.25, 0.3) is 0 Å². The predicted octanol–water partition coefficient (Wildman–Crippen LogP) is 6.53. The van der Waals surface area contributed by atoms with Gasteiger partial charge in [-0.3, -0.25) is 18.1 Å². The number of hydrogen-bond donors (Lipinski definition) is 0. The van der Waals surface area contributed by atoms with Crippen LogP contribution in [0.1, 0.15) is 79.1 Å². The lowest BCUT2D eigenvalue weighted by Crippen LogP contribution is -2.36. The minimum atomic E-state index is -3.74. The maximum absolute atomic E-state index is 12.8. The molecule has 2 saturated heterocycles. The Morgan fingerprint density at radius 1 is 0.750 bits per heavy atom. The molecule has 0 radical (unpaired) electrons. The topological polar surface area (TPSA) is 80.3 Å². The van der Waals surface area contributed by atoms with Gasteiger partial charge in [-0.05, 0) is 25.7 Å². The second kappa shape index (κ2) is 10.5. The molecule has 2 rings (SSSR count). The van der Waals surface area contributed by atoms with Crippen molar-refractivity contribution in [1.29, 1.82) is 0 Å². The third kappa shape index (κ3) is 6.38. The number of hydrogen-bond acceptors (Lipinski definition) is 7. The standard InChI is InChI=1S/C19H38O7P2/c1-5-9-11-18(7-3)13-22-27(20,23-14-18)17-26-28(21)24-15-19(8-4,16-25-28)12-10-6-2/h5-17H2,1-4H3. The van der Waals surface area contributed by atoms with Crippen LogP contribution in [0.4, 0.5) is 0 Å². The fourth-order valence-corrected chi connectivity index (χ4v) is 6.89. The highest BCUT2D eigenvalue weighted by atomic mass is 31.2. The molecule has 0 aromatic rings. The van der Waals surface area contributed by atoms with Gasteiger partial charge in [0, 0.05) is 10.8 Å². The molecular weight excluding hydrogens is 402 g/mol. The molecule has 9 heteroatoms. The van der Waals surface area contributed by atoms with Gasteiger partial charge in [-0.25, -0.2) is 4.57 Å². The monoisotopic (exact) mass is 440 g/mol. The zero-order valence-corrected chi connectivity index (χ0v) is 19.7. The van der Waals surface area contributed by atoms with Gasteiger partial charge >= 0.3 is 15.4 Å². The zero-order valence-electron chi connectivity index (χ0n) is 17.9. The Morgan fingerprint density at radius 2 is 1.18 bits per heavy atom. The van der Waals surface area contributed by atoms with Gasteiger partial charge in [-0.15, -0.1) is 0 Å². The molecule has 2 fully saturated rings.